The summed E-state index contributed by atoms with van der Waals surface area (Å²) < 4.78 is 13.7. The number of benzene rings is 2. The van der Waals surface area contributed by atoms with E-state index in [-0.39, 0.29) is 17.8 Å². The highest BCUT2D eigenvalue weighted by Crippen LogP contribution is 2.25. The van der Waals surface area contributed by atoms with E-state index in [2.05, 4.69) is 34.3 Å². The number of hydrogen-bond acceptors (Lipinski definition) is 4. The Bertz CT molecular complexity index is 833. The number of nitrogens with zero attached hydrogens (tertiary/aromatic N) is 3. The van der Waals surface area contributed by atoms with Crippen molar-refractivity contribution in [2.24, 2.45) is 0 Å². The van der Waals surface area contributed by atoms with Crippen LogP contribution < -0.4 is 5.32 Å². The van der Waals surface area contributed by atoms with E-state index >= 15 is 0 Å². The van der Waals surface area contributed by atoms with Crippen molar-refractivity contribution >= 4 is 5.91 Å². The van der Waals surface area contributed by atoms with Gasteiger partial charge < -0.3 is 15.1 Å². The van der Waals surface area contributed by atoms with E-state index in [1.54, 1.807) is 6.07 Å². The van der Waals surface area contributed by atoms with Crippen LogP contribution in [0.25, 0.3) is 0 Å². The molecule has 4 rings (SSSR count). The lowest BCUT2D eigenvalue weighted by molar-refractivity contribution is 0.0634. The van der Waals surface area contributed by atoms with Gasteiger partial charge in [-0.1, -0.05) is 24.3 Å². The molecule has 2 heterocycles. The van der Waals surface area contributed by atoms with Crippen LogP contribution >= 0.6 is 0 Å². The van der Waals surface area contributed by atoms with Crippen molar-refractivity contribution in [3.8, 4) is 0 Å². The molecule has 154 valence electrons. The van der Waals surface area contributed by atoms with E-state index in [0.29, 0.717) is 18.7 Å². The number of nitrogens with one attached hydrogen (secondary N) is 1. The normalized spacial score (nSPS) is 21.3. The zero-order valence-corrected chi connectivity index (χ0v) is 17.0. The third-order valence-corrected chi connectivity index (χ3v) is 5.94. The van der Waals surface area contributed by atoms with Gasteiger partial charge in [0.05, 0.1) is 6.04 Å². The molecular formula is C23H29FN4O. The minimum atomic E-state index is -0.270. The summed E-state index contributed by atoms with van der Waals surface area (Å²) in [5.74, 6) is -0.263. The van der Waals surface area contributed by atoms with Crippen molar-refractivity contribution in [1.82, 2.24) is 20.0 Å². The van der Waals surface area contributed by atoms with Crippen LogP contribution in [0.1, 0.15) is 27.5 Å². The van der Waals surface area contributed by atoms with Crippen LogP contribution in [0.3, 0.4) is 0 Å². The molecule has 2 aliphatic heterocycles. The summed E-state index contributed by atoms with van der Waals surface area (Å²) in [5, 5.41) is 3.32. The molecule has 1 atom stereocenters. The number of amides is 1. The number of carbonyl (C=O) groups excluding carboxylic acids is 1. The standard InChI is InChI=1S/C23H29FN4O/c1-26-11-13-27(14-12-26)17-18-5-7-19(8-6-18)23(29)28-10-9-25-16-22(28)20-3-2-4-21(24)15-20/h2-8,15,22,25H,9-14,16-17H2,1H3. The predicted octanol–water partition coefficient (Wildman–Crippen LogP) is 2.36. The number of halogens is 1. The Morgan fingerprint density at radius 1 is 1.07 bits per heavy atom. The Morgan fingerprint density at radius 3 is 2.55 bits per heavy atom. The van der Waals surface area contributed by atoms with E-state index in [1.807, 2.05) is 23.1 Å². The average molecular weight is 397 g/mol. The number of rotatable bonds is 4. The first-order chi connectivity index (χ1) is 14.1. The Morgan fingerprint density at radius 2 is 1.83 bits per heavy atom. The van der Waals surface area contributed by atoms with E-state index in [1.165, 1.54) is 17.7 Å². The predicted molar refractivity (Wildman–Crippen MR) is 112 cm³/mol. The second-order valence-electron chi connectivity index (χ2n) is 8.05. The minimum Gasteiger partial charge on any atom is -0.329 e. The van der Waals surface area contributed by atoms with Gasteiger partial charge in [-0.3, -0.25) is 9.69 Å². The maximum atomic E-state index is 13.7. The number of piperazine rings is 2. The highest BCUT2D eigenvalue weighted by atomic mass is 19.1. The van der Waals surface area contributed by atoms with Crippen LogP contribution in [0.4, 0.5) is 4.39 Å². The summed E-state index contributed by atoms with van der Waals surface area (Å²) in [6.45, 7) is 7.27. The summed E-state index contributed by atoms with van der Waals surface area (Å²) in [6.07, 6.45) is 0. The van der Waals surface area contributed by atoms with E-state index in [4.69, 9.17) is 0 Å². The molecule has 1 unspecified atom stereocenters. The fraction of sp³-hybridized carbons (Fsp3) is 0.435. The van der Waals surface area contributed by atoms with Crippen molar-refractivity contribution in [3.05, 3.63) is 71.0 Å². The molecule has 0 aromatic heterocycles. The van der Waals surface area contributed by atoms with Crippen LogP contribution in [0, 0.1) is 5.82 Å². The maximum absolute atomic E-state index is 13.7. The first kappa shape index (κ1) is 20.0. The molecule has 1 amide bonds. The molecular weight excluding hydrogens is 367 g/mol. The summed E-state index contributed by atoms with van der Waals surface area (Å²) in [7, 11) is 2.16. The van der Waals surface area contributed by atoms with Crippen molar-refractivity contribution in [1.29, 1.82) is 0 Å². The molecule has 0 bridgehead atoms. The van der Waals surface area contributed by atoms with Crippen molar-refractivity contribution in [3.63, 3.8) is 0 Å². The number of hydrogen-bond donors (Lipinski definition) is 1. The van der Waals surface area contributed by atoms with Gasteiger partial charge in [0.25, 0.3) is 5.91 Å². The lowest BCUT2D eigenvalue weighted by Gasteiger charge is -2.36. The molecule has 2 fully saturated rings. The summed E-state index contributed by atoms with van der Waals surface area (Å²) in [5.41, 5.74) is 2.75. The molecule has 2 aliphatic rings. The van der Waals surface area contributed by atoms with Crippen LogP contribution in [-0.4, -0.2) is 73.5 Å². The Balaban J connectivity index is 1.45. The quantitative estimate of drug-likeness (QED) is 0.861. The summed E-state index contributed by atoms with van der Waals surface area (Å²) >= 11 is 0. The van der Waals surface area contributed by atoms with Crippen LogP contribution in [0.5, 0.6) is 0 Å². The molecule has 2 aromatic carbocycles. The largest absolute Gasteiger partial charge is 0.329 e. The fourth-order valence-electron chi connectivity index (χ4n) is 4.14. The molecule has 0 aliphatic carbocycles. The van der Waals surface area contributed by atoms with Crippen molar-refractivity contribution < 1.29 is 9.18 Å². The second kappa shape index (κ2) is 9.03. The highest BCUT2D eigenvalue weighted by Gasteiger charge is 2.28. The van der Waals surface area contributed by atoms with Crippen LogP contribution in [0.2, 0.25) is 0 Å². The van der Waals surface area contributed by atoms with E-state index in [0.717, 1.165) is 44.8 Å². The Kier molecular flexibility index (Phi) is 6.23. The monoisotopic (exact) mass is 396 g/mol. The first-order valence-electron chi connectivity index (χ1n) is 10.4. The molecule has 5 nitrogen and oxygen atoms in total. The second-order valence-corrected chi connectivity index (χ2v) is 8.05. The Hall–Kier alpha value is -2.28. The highest BCUT2D eigenvalue weighted by molar-refractivity contribution is 5.94. The number of carbonyl (C=O) groups is 1. The Labute approximate surface area is 172 Å². The zero-order chi connectivity index (χ0) is 20.2. The SMILES string of the molecule is CN1CCN(Cc2ccc(C(=O)N3CCNCC3c3cccc(F)c3)cc2)CC1. The fourth-order valence-corrected chi connectivity index (χ4v) is 4.14. The zero-order valence-electron chi connectivity index (χ0n) is 17.0. The number of likely N-dealkylation sites (N-methyl/N-ethyl adjacent to an activating group) is 1. The van der Waals surface area contributed by atoms with Gasteiger partial charge in [-0.05, 0) is 42.4 Å². The third-order valence-electron chi connectivity index (χ3n) is 5.94. The molecule has 29 heavy (non-hydrogen) atoms. The van der Waals surface area contributed by atoms with E-state index in [9.17, 15) is 9.18 Å². The van der Waals surface area contributed by atoms with Gasteiger partial charge in [-0.2, -0.15) is 0 Å². The molecule has 6 heteroatoms. The topological polar surface area (TPSA) is 38.8 Å². The van der Waals surface area contributed by atoms with E-state index < -0.39 is 0 Å². The first-order valence-corrected chi connectivity index (χ1v) is 10.4. The third kappa shape index (κ3) is 4.83. The maximum Gasteiger partial charge on any atom is 0.254 e. The molecule has 0 saturated carbocycles. The van der Waals surface area contributed by atoms with Gasteiger partial charge in [-0.15, -0.1) is 0 Å². The van der Waals surface area contributed by atoms with Gasteiger partial charge in [0.1, 0.15) is 5.82 Å². The van der Waals surface area contributed by atoms with Gasteiger partial charge in [0.15, 0.2) is 0 Å². The van der Waals surface area contributed by atoms with Crippen LogP contribution in [0.15, 0.2) is 48.5 Å². The molecule has 2 saturated heterocycles. The molecule has 2 aromatic rings. The summed E-state index contributed by atoms with van der Waals surface area (Å²) in [6, 6.07) is 14.4. The van der Waals surface area contributed by atoms with Crippen LogP contribution in [-0.2, 0) is 6.54 Å². The minimum absolute atomic E-state index is 0.00640. The average Bonchev–Trinajstić information content (AvgIpc) is 2.75. The lowest BCUT2D eigenvalue weighted by Crippen LogP contribution is -2.48. The molecule has 0 spiro atoms. The summed E-state index contributed by atoms with van der Waals surface area (Å²) in [4.78, 5) is 19.9. The van der Waals surface area contributed by atoms with Gasteiger partial charge in [0, 0.05) is 57.9 Å². The van der Waals surface area contributed by atoms with Gasteiger partial charge in [0.2, 0.25) is 0 Å². The molecule has 1 N–H and O–H groups in total. The van der Waals surface area contributed by atoms with Gasteiger partial charge in [-0.25, -0.2) is 4.39 Å². The molecule has 0 radical (unpaired) electrons. The smallest absolute Gasteiger partial charge is 0.254 e. The van der Waals surface area contributed by atoms with Gasteiger partial charge >= 0.3 is 0 Å². The van der Waals surface area contributed by atoms with Crippen molar-refractivity contribution in [2.45, 2.75) is 12.6 Å². The van der Waals surface area contributed by atoms with Crippen molar-refractivity contribution in [2.75, 3.05) is 52.9 Å². The lowest BCUT2D eigenvalue weighted by atomic mass is 10.0.